The van der Waals surface area contributed by atoms with Crippen LogP contribution in [0.5, 0.6) is 0 Å². The van der Waals surface area contributed by atoms with E-state index in [1.54, 1.807) is 6.20 Å². The Bertz CT molecular complexity index is 585. The molecule has 0 saturated carbocycles. The van der Waals surface area contributed by atoms with Gasteiger partial charge in [-0.1, -0.05) is 29.8 Å². The molecule has 20 heavy (non-hydrogen) atoms. The Labute approximate surface area is 118 Å². The molecule has 5 heteroatoms. The number of carbonyl (C=O) groups excluding carboxylic acids is 1. The van der Waals surface area contributed by atoms with Crippen LogP contribution in [-0.4, -0.2) is 27.9 Å². The first-order valence-electron chi connectivity index (χ1n) is 6.53. The number of H-pyrrole nitrogens is 1. The molecule has 0 aliphatic rings. The summed E-state index contributed by atoms with van der Waals surface area (Å²) in [6.07, 6.45) is 4.20. The number of hydrogen-bond acceptors (Lipinski definition) is 3. The van der Waals surface area contributed by atoms with E-state index < -0.39 is 0 Å². The fourth-order valence-electron chi connectivity index (χ4n) is 1.77. The molecule has 2 rings (SSSR count). The van der Waals surface area contributed by atoms with Gasteiger partial charge in [-0.25, -0.2) is 0 Å². The van der Waals surface area contributed by atoms with Crippen LogP contribution in [0, 0.1) is 6.92 Å². The maximum Gasteiger partial charge on any atom is 0.246 e. The molecule has 1 amide bonds. The highest BCUT2D eigenvalue weighted by molar-refractivity contribution is 5.97. The zero-order valence-electron chi connectivity index (χ0n) is 11.7. The van der Waals surface area contributed by atoms with Crippen molar-refractivity contribution in [1.82, 2.24) is 20.7 Å². The van der Waals surface area contributed by atoms with E-state index >= 15 is 0 Å². The second-order valence-electron chi connectivity index (χ2n) is 4.71. The van der Waals surface area contributed by atoms with Crippen molar-refractivity contribution in [3.05, 3.63) is 52.9 Å². The molecule has 104 valence electrons. The molecular weight excluding hydrogens is 252 g/mol. The van der Waals surface area contributed by atoms with Crippen molar-refractivity contribution < 1.29 is 4.79 Å². The van der Waals surface area contributed by atoms with Crippen LogP contribution in [0.25, 0.3) is 6.08 Å². The van der Waals surface area contributed by atoms with Crippen LogP contribution in [-0.2, 0) is 11.2 Å². The van der Waals surface area contributed by atoms with Crippen molar-refractivity contribution in [3.63, 3.8) is 0 Å². The number of carbonyl (C=O) groups is 1. The SMILES string of the molecule is C/C(=C/c1ccc(C)cc1)C(=O)NCCc1cn[nH]n1. The number of amides is 1. The summed E-state index contributed by atoms with van der Waals surface area (Å²) >= 11 is 0. The lowest BCUT2D eigenvalue weighted by molar-refractivity contribution is -0.117. The summed E-state index contributed by atoms with van der Waals surface area (Å²) in [5.41, 5.74) is 3.76. The third-order valence-corrected chi connectivity index (χ3v) is 2.95. The van der Waals surface area contributed by atoms with Crippen LogP contribution in [0.2, 0.25) is 0 Å². The van der Waals surface area contributed by atoms with Gasteiger partial charge in [-0.2, -0.15) is 15.4 Å². The molecule has 0 atom stereocenters. The van der Waals surface area contributed by atoms with Gasteiger partial charge in [0.2, 0.25) is 5.91 Å². The van der Waals surface area contributed by atoms with Crippen LogP contribution in [0.3, 0.4) is 0 Å². The van der Waals surface area contributed by atoms with Gasteiger partial charge in [0.05, 0.1) is 11.9 Å². The van der Waals surface area contributed by atoms with Crippen LogP contribution >= 0.6 is 0 Å². The Morgan fingerprint density at radius 1 is 1.35 bits per heavy atom. The van der Waals surface area contributed by atoms with Gasteiger partial charge in [-0.05, 0) is 25.5 Å². The number of hydrogen-bond donors (Lipinski definition) is 2. The summed E-state index contributed by atoms with van der Waals surface area (Å²) in [5, 5.41) is 13.1. The fraction of sp³-hybridized carbons (Fsp3) is 0.267. The molecule has 0 saturated heterocycles. The van der Waals surface area contributed by atoms with E-state index in [0.717, 1.165) is 11.3 Å². The van der Waals surface area contributed by atoms with E-state index in [2.05, 4.69) is 20.7 Å². The summed E-state index contributed by atoms with van der Waals surface area (Å²) in [6, 6.07) is 8.06. The van der Waals surface area contributed by atoms with Crippen LogP contribution in [0.4, 0.5) is 0 Å². The minimum atomic E-state index is -0.0610. The van der Waals surface area contributed by atoms with Gasteiger partial charge in [0.15, 0.2) is 0 Å². The maximum absolute atomic E-state index is 11.9. The number of rotatable bonds is 5. The predicted octanol–water partition coefficient (Wildman–Crippen LogP) is 1.88. The van der Waals surface area contributed by atoms with Crippen molar-refractivity contribution in [1.29, 1.82) is 0 Å². The molecule has 5 nitrogen and oxygen atoms in total. The third-order valence-electron chi connectivity index (χ3n) is 2.95. The molecule has 0 bridgehead atoms. The lowest BCUT2D eigenvalue weighted by Crippen LogP contribution is -2.26. The molecule has 0 aliphatic heterocycles. The van der Waals surface area contributed by atoms with Gasteiger partial charge in [0.25, 0.3) is 0 Å². The van der Waals surface area contributed by atoms with E-state index in [4.69, 9.17) is 0 Å². The van der Waals surface area contributed by atoms with Gasteiger partial charge < -0.3 is 5.32 Å². The first-order chi connectivity index (χ1) is 9.65. The summed E-state index contributed by atoms with van der Waals surface area (Å²) < 4.78 is 0. The smallest absolute Gasteiger partial charge is 0.246 e. The Kier molecular flexibility index (Phi) is 4.65. The minimum Gasteiger partial charge on any atom is -0.352 e. The lowest BCUT2D eigenvalue weighted by atomic mass is 10.1. The minimum absolute atomic E-state index is 0.0610. The van der Waals surface area contributed by atoms with Crippen molar-refractivity contribution >= 4 is 12.0 Å². The fourth-order valence-corrected chi connectivity index (χ4v) is 1.77. The largest absolute Gasteiger partial charge is 0.352 e. The Morgan fingerprint density at radius 2 is 2.10 bits per heavy atom. The quantitative estimate of drug-likeness (QED) is 0.815. The molecular formula is C15H18N4O. The lowest BCUT2D eigenvalue weighted by Gasteiger charge is -2.04. The van der Waals surface area contributed by atoms with Crippen molar-refractivity contribution in [3.8, 4) is 0 Å². The molecule has 1 heterocycles. The van der Waals surface area contributed by atoms with Gasteiger partial charge in [-0.15, -0.1) is 0 Å². The molecule has 1 aromatic heterocycles. The van der Waals surface area contributed by atoms with Crippen LogP contribution in [0.1, 0.15) is 23.7 Å². The summed E-state index contributed by atoms with van der Waals surface area (Å²) in [5.74, 6) is -0.0610. The van der Waals surface area contributed by atoms with Crippen molar-refractivity contribution in [2.75, 3.05) is 6.54 Å². The third kappa shape index (κ3) is 4.05. The van der Waals surface area contributed by atoms with Crippen molar-refractivity contribution in [2.24, 2.45) is 0 Å². The Balaban J connectivity index is 1.86. The standard InChI is InChI=1S/C15H18N4O/c1-11-3-5-13(6-4-11)9-12(2)15(20)16-8-7-14-10-17-19-18-14/h3-6,9-10H,7-8H2,1-2H3,(H,16,20)(H,17,18,19)/b12-9-. The van der Waals surface area contributed by atoms with E-state index in [1.165, 1.54) is 5.56 Å². The average molecular weight is 270 g/mol. The highest BCUT2D eigenvalue weighted by atomic mass is 16.1. The first kappa shape index (κ1) is 14.0. The maximum atomic E-state index is 11.9. The molecule has 0 radical (unpaired) electrons. The van der Waals surface area contributed by atoms with Crippen molar-refractivity contribution in [2.45, 2.75) is 20.3 Å². The number of aryl methyl sites for hydroxylation is 1. The molecule has 0 fully saturated rings. The normalized spacial score (nSPS) is 11.4. The van der Waals surface area contributed by atoms with Crippen LogP contribution in [0.15, 0.2) is 36.0 Å². The first-order valence-corrected chi connectivity index (χ1v) is 6.53. The topological polar surface area (TPSA) is 70.7 Å². The zero-order chi connectivity index (χ0) is 14.4. The highest BCUT2D eigenvalue weighted by Gasteiger charge is 2.04. The number of aromatic nitrogens is 3. The average Bonchev–Trinajstić information content (AvgIpc) is 2.94. The number of nitrogens with zero attached hydrogens (tertiary/aromatic N) is 2. The zero-order valence-corrected chi connectivity index (χ0v) is 11.7. The monoisotopic (exact) mass is 270 g/mol. The second kappa shape index (κ2) is 6.65. The molecule has 0 aliphatic carbocycles. The summed E-state index contributed by atoms with van der Waals surface area (Å²) in [6.45, 7) is 4.40. The number of benzene rings is 1. The molecule has 2 aromatic rings. The van der Waals surface area contributed by atoms with Crippen LogP contribution < -0.4 is 5.32 Å². The summed E-state index contributed by atoms with van der Waals surface area (Å²) in [4.78, 5) is 11.9. The number of nitrogens with one attached hydrogen (secondary N) is 2. The highest BCUT2D eigenvalue weighted by Crippen LogP contribution is 2.08. The molecule has 2 N–H and O–H groups in total. The van der Waals surface area contributed by atoms with Gasteiger partial charge >= 0.3 is 0 Å². The predicted molar refractivity (Wildman–Crippen MR) is 77.9 cm³/mol. The molecule has 0 unspecified atom stereocenters. The van der Waals surface area contributed by atoms with E-state index in [1.807, 2.05) is 44.2 Å². The summed E-state index contributed by atoms with van der Waals surface area (Å²) in [7, 11) is 0. The van der Waals surface area contributed by atoms with E-state index in [9.17, 15) is 4.79 Å². The Morgan fingerprint density at radius 3 is 2.75 bits per heavy atom. The second-order valence-corrected chi connectivity index (χ2v) is 4.71. The van der Waals surface area contributed by atoms with Gasteiger partial charge in [0, 0.05) is 18.5 Å². The van der Waals surface area contributed by atoms with E-state index in [0.29, 0.717) is 18.5 Å². The van der Waals surface area contributed by atoms with Gasteiger partial charge in [0.1, 0.15) is 0 Å². The van der Waals surface area contributed by atoms with Gasteiger partial charge in [-0.3, -0.25) is 4.79 Å². The molecule has 0 spiro atoms. The van der Waals surface area contributed by atoms with E-state index in [-0.39, 0.29) is 5.91 Å². The number of aromatic amines is 1. The Hall–Kier alpha value is -2.43. The molecule has 1 aromatic carbocycles.